The molecule has 11 heteroatoms. The number of carbonyl (C=O) groups excluding carboxylic acids is 1. The standard InChI is InChI=1S/C28H27F3N4O4/c1-3-9-37-12-13-39-27-25(35-7-10-38-11-8-35)15-21(17-33-27)24-16-23(18-32-19(24)2)34-26(36)20-5-4-6-22(14-20)28(29,30)31/h1,4-6,14-18H,7-13H2,2H3,(H,34,36). The van der Waals surface area contributed by atoms with E-state index in [-0.39, 0.29) is 18.8 Å². The molecular formula is C28H27F3N4O4. The van der Waals surface area contributed by atoms with Crippen LogP contribution in [0.1, 0.15) is 21.6 Å². The Morgan fingerprint density at radius 3 is 2.69 bits per heavy atom. The number of hydrogen-bond donors (Lipinski definition) is 1. The molecule has 0 aliphatic carbocycles. The first-order valence-electron chi connectivity index (χ1n) is 12.2. The topological polar surface area (TPSA) is 85.8 Å². The summed E-state index contributed by atoms with van der Waals surface area (Å²) in [5.74, 6) is 2.16. The summed E-state index contributed by atoms with van der Waals surface area (Å²) >= 11 is 0. The van der Waals surface area contributed by atoms with Gasteiger partial charge in [0.1, 0.15) is 18.9 Å². The zero-order chi connectivity index (χ0) is 27.8. The maximum atomic E-state index is 13.1. The Hall–Kier alpha value is -4.14. The van der Waals surface area contributed by atoms with E-state index in [0.717, 1.165) is 23.4 Å². The molecule has 1 fully saturated rings. The van der Waals surface area contributed by atoms with Crippen molar-refractivity contribution in [2.75, 3.05) is 56.3 Å². The van der Waals surface area contributed by atoms with Crippen molar-refractivity contribution in [3.63, 3.8) is 0 Å². The van der Waals surface area contributed by atoms with Crippen molar-refractivity contribution in [1.29, 1.82) is 0 Å². The third-order valence-corrected chi connectivity index (χ3v) is 5.94. The van der Waals surface area contributed by atoms with Crippen LogP contribution in [0.4, 0.5) is 24.5 Å². The van der Waals surface area contributed by atoms with E-state index in [0.29, 0.717) is 55.7 Å². The lowest BCUT2D eigenvalue weighted by molar-refractivity contribution is -0.137. The van der Waals surface area contributed by atoms with E-state index in [1.807, 2.05) is 13.0 Å². The van der Waals surface area contributed by atoms with Gasteiger partial charge in [0.05, 0.1) is 37.3 Å². The molecule has 0 saturated carbocycles. The van der Waals surface area contributed by atoms with Crippen molar-refractivity contribution in [2.45, 2.75) is 13.1 Å². The highest BCUT2D eigenvalue weighted by molar-refractivity contribution is 6.04. The van der Waals surface area contributed by atoms with E-state index in [9.17, 15) is 18.0 Å². The van der Waals surface area contributed by atoms with Gasteiger partial charge in [-0.1, -0.05) is 12.0 Å². The molecule has 4 rings (SSSR count). The molecule has 0 atom stereocenters. The Labute approximate surface area is 224 Å². The van der Waals surface area contributed by atoms with Crippen molar-refractivity contribution in [3.05, 3.63) is 65.6 Å². The van der Waals surface area contributed by atoms with E-state index < -0.39 is 17.6 Å². The molecule has 39 heavy (non-hydrogen) atoms. The Bertz CT molecular complexity index is 1350. The lowest BCUT2D eigenvalue weighted by atomic mass is 10.0. The number of hydrogen-bond acceptors (Lipinski definition) is 7. The maximum Gasteiger partial charge on any atom is 0.416 e. The van der Waals surface area contributed by atoms with Gasteiger partial charge in [0.15, 0.2) is 0 Å². The molecule has 204 valence electrons. The van der Waals surface area contributed by atoms with Gasteiger partial charge in [-0.3, -0.25) is 9.78 Å². The van der Waals surface area contributed by atoms with Gasteiger partial charge in [-0.05, 0) is 37.3 Å². The van der Waals surface area contributed by atoms with Crippen LogP contribution in [0.15, 0.2) is 48.8 Å². The number of nitrogens with one attached hydrogen (secondary N) is 1. The van der Waals surface area contributed by atoms with Gasteiger partial charge in [0.2, 0.25) is 5.88 Å². The second-order valence-corrected chi connectivity index (χ2v) is 8.64. The summed E-state index contributed by atoms with van der Waals surface area (Å²) in [6.07, 6.45) is 3.74. The Kier molecular flexibility index (Phi) is 9.01. The minimum atomic E-state index is -4.55. The number of aromatic nitrogens is 2. The first kappa shape index (κ1) is 27.9. The zero-order valence-electron chi connectivity index (χ0n) is 21.3. The lowest BCUT2D eigenvalue weighted by Crippen LogP contribution is -2.36. The third-order valence-electron chi connectivity index (χ3n) is 5.94. The molecule has 3 aromatic rings. The Balaban J connectivity index is 1.58. The van der Waals surface area contributed by atoms with Gasteiger partial charge in [-0.2, -0.15) is 13.2 Å². The SMILES string of the molecule is C#CCOCCOc1ncc(-c2cc(NC(=O)c3cccc(C(F)(F)F)c3)cnc2C)cc1N1CCOCC1. The highest BCUT2D eigenvalue weighted by Gasteiger charge is 2.31. The van der Waals surface area contributed by atoms with Gasteiger partial charge in [0.25, 0.3) is 5.91 Å². The van der Waals surface area contributed by atoms with Gasteiger partial charge in [-0.25, -0.2) is 4.98 Å². The number of halogens is 3. The number of ether oxygens (including phenoxy) is 3. The van der Waals surface area contributed by atoms with Crippen molar-refractivity contribution >= 4 is 17.3 Å². The molecule has 0 unspecified atom stereocenters. The van der Waals surface area contributed by atoms with Crippen LogP contribution in [0.3, 0.4) is 0 Å². The summed E-state index contributed by atoms with van der Waals surface area (Å²) in [4.78, 5) is 23.8. The molecular weight excluding hydrogens is 513 g/mol. The molecule has 1 saturated heterocycles. The summed E-state index contributed by atoms with van der Waals surface area (Å²) < 4.78 is 55.9. The third kappa shape index (κ3) is 7.25. The van der Waals surface area contributed by atoms with Crippen LogP contribution >= 0.6 is 0 Å². The Morgan fingerprint density at radius 1 is 1.15 bits per heavy atom. The number of aryl methyl sites for hydroxylation is 1. The summed E-state index contributed by atoms with van der Waals surface area (Å²) in [6.45, 7) is 5.02. The Morgan fingerprint density at radius 2 is 1.95 bits per heavy atom. The molecule has 1 amide bonds. The minimum absolute atomic E-state index is 0.115. The lowest BCUT2D eigenvalue weighted by Gasteiger charge is -2.30. The average Bonchev–Trinajstić information content (AvgIpc) is 2.94. The summed E-state index contributed by atoms with van der Waals surface area (Å²) in [5.41, 5.74) is 2.19. The molecule has 1 aromatic carbocycles. The second kappa shape index (κ2) is 12.6. The predicted octanol–water partition coefficient (Wildman–Crippen LogP) is 4.59. The number of benzene rings is 1. The van der Waals surface area contributed by atoms with Crippen LogP contribution in [0.25, 0.3) is 11.1 Å². The zero-order valence-corrected chi connectivity index (χ0v) is 21.3. The minimum Gasteiger partial charge on any atom is -0.474 e. The second-order valence-electron chi connectivity index (χ2n) is 8.64. The fraction of sp³-hybridized carbons (Fsp3) is 0.321. The number of anilines is 2. The number of pyridine rings is 2. The quantitative estimate of drug-likeness (QED) is 0.314. The van der Waals surface area contributed by atoms with E-state index in [1.165, 1.54) is 18.3 Å². The fourth-order valence-corrected chi connectivity index (χ4v) is 3.99. The van der Waals surface area contributed by atoms with E-state index in [4.69, 9.17) is 20.6 Å². The summed E-state index contributed by atoms with van der Waals surface area (Å²) in [5, 5.41) is 2.64. The fourth-order valence-electron chi connectivity index (χ4n) is 3.99. The van der Waals surface area contributed by atoms with E-state index >= 15 is 0 Å². The maximum absolute atomic E-state index is 13.1. The number of terminal acetylenes is 1. The molecule has 0 radical (unpaired) electrons. The smallest absolute Gasteiger partial charge is 0.416 e. The summed E-state index contributed by atoms with van der Waals surface area (Å²) in [7, 11) is 0. The highest BCUT2D eigenvalue weighted by Crippen LogP contribution is 2.34. The van der Waals surface area contributed by atoms with Crippen LogP contribution in [-0.4, -0.2) is 62.0 Å². The number of amides is 1. The van der Waals surface area contributed by atoms with Crippen LogP contribution in [0, 0.1) is 19.3 Å². The molecule has 8 nitrogen and oxygen atoms in total. The molecule has 0 spiro atoms. The van der Waals surface area contributed by atoms with Crippen molar-refractivity contribution in [1.82, 2.24) is 9.97 Å². The van der Waals surface area contributed by atoms with Crippen LogP contribution < -0.4 is 15.0 Å². The van der Waals surface area contributed by atoms with E-state index in [2.05, 4.69) is 26.1 Å². The van der Waals surface area contributed by atoms with Gasteiger partial charge in [-0.15, -0.1) is 6.42 Å². The number of morpholine rings is 1. The van der Waals surface area contributed by atoms with Crippen LogP contribution in [-0.2, 0) is 15.7 Å². The number of carbonyl (C=O) groups is 1. The van der Waals surface area contributed by atoms with Gasteiger partial charge < -0.3 is 24.4 Å². The van der Waals surface area contributed by atoms with E-state index in [1.54, 1.807) is 12.3 Å². The van der Waals surface area contributed by atoms with Crippen molar-refractivity contribution in [3.8, 4) is 29.4 Å². The largest absolute Gasteiger partial charge is 0.474 e. The normalized spacial score (nSPS) is 13.6. The molecule has 1 aliphatic rings. The van der Waals surface area contributed by atoms with Crippen molar-refractivity contribution < 1.29 is 32.2 Å². The molecule has 2 aromatic heterocycles. The molecule has 1 aliphatic heterocycles. The first-order chi connectivity index (χ1) is 18.8. The number of rotatable bonds is 9. The number of alkyl halides is 3. The summed E-state index contributed by atoms with van der Waals surface area (Å²) in [6, 6.07) is 7.88. The predicted molar refractivity (Wildman–Crippen MR) is 140 cm³/mol. The van der Waals surface area contributed by atoms with Gasteiger partial charge in [0, 0.05) is 41.7 Å². The molecule has 3 heterocycles. The first-order valence-corrected chi connectivity index (χ1v) is 12.2. The number of nitrogens with zero attached hydrogens (tertiary/aromatic N) is 3. The highest BCUT2D eigenvalue weighted by atomic mass is 19.4. The van der Waals surface area contributed by atoms with Crippen LogP contribution in [0.5, 0.6) is 5.88 Å². The van der Waals surface area contributed by atoms with Crippen molar-refractivity contribution in [2.24, 2.45) is 0 Å². The average molecular weight is 541 g/mol. The van der Waals surface area contributed by atoms with Crippen LogP contribution in [0.2, 0.25) is 0 Å². The molecule has 0 bridgehead atoms. The monoisotopic (exact) mass is 540 g/mol. The van der Waals surface area contributed by atoms with Gasteiger partial charge >= 0.3 is 6.18 Å². The molecule has 1 N–H and O–H groups in total.